The van der Waals surface area contributed by atoms with Crippen LogP contribution in [-0.2, 0) is 0 Å². The van der Waals surface area contributed by atoms with Crippen molar-refractivity contribution in [2.75, 3.05) is 25.0 Å². The van der Waals surface area contributed by atoms with Crippen LogP contribution >= 0.6 is 0 Å². The Morgan fingerprint density at radius 1 is 1.44 bits per heavy atom. The van der Waals surface area contributed by atoms with Gasteiger partial charge in [0.05, 0.1) is 5.69 Å². The Hall–Kier alpha value is -1.62. The highest BCUT2D eigenvalue weighted by Crippen LogP contribution is 2.23. The summed E-state index contributed by atoms with van der Waals surface area (Å²) in [6, 6.07) is 4.23. The van der Waals surface area contributed by atoms with Crippen molar-refractivity contribution in [1.82, 2.24) is 0 Å². The predicted octanol–water partition coefficient (Wildman–Crippen LogP) is 1.35. The van der Waals surface area contributed by atoms with Gasteiger partial charge in [-0.15, -0.1) is 0 Å². The van der Waals surface area contributed by atoms with E-state index in [4.69, 9.17) is 11.5 Å². The highest BCUT2D eigenvalue weighted by molar-refractivity contribution is 5.93. The molecule has 0 aliphatic heterocycles. The van der Waals surface area contributed by atoms with Gasteiger partial charge in [-0.1, -0.05) is 13.8 Å². The second-order valence-electron chi connectivity index (χ2n) is 5.25. The van der Waals surface area contributed by atoms with E-state index in [1.807, 2.05) is 13.8 Å². The van der Waals surface area contributed by atoms with Crippen LogP contribution in [0, 0.1) is 11.2 Å². The smallest absolute Gasteiger partial charge is 0.248 e. The Labute approximate surface area is 107 Å². The topological polar surface area (TPSA) is 72.3 Å². The van der Waals surface area contributed by atoms with Gasteiger partial charge < -0.3 is 16.4 Å². The summed E-state index contributed by atoms with van der Waals surface area (Å²) < 4.78 is 13.9. The Balaban J connectivity index is 2.93. The largest absolute Gasteiger partial charge is 0.372 e. The molecule has 0 aromatic heterocycles. The number of carbonyl (C=O) groups excluding carboxylic acids is 1. The Bertz CT molecular complexity index is 446. The zero-order valence-corrected chi connectivity index (χ0v) is 11.0. The van der Waals surface area contributed by atoms with Crippen molar-refractivity contribution >= 4 is 11.6 Å². The van der Waals surface area contributed by atoms with Crippen LogP contribution in [-0.4, -0.2) is 26.0 Å². The molecule has 0 fully saturated rings. The Morgan fingerprint density at radius 3 is 2.50 bits per heavy atom. The van der Waals surface area contributed by atoms with E-state index in [0.717, 1.165) is 6.07 Å². The maximum absolute atomic E-state index is 13.9. The summed E-state index contributed by atoms with van der Waals surface area (Å²) in [5.74, 6) is -1.09. The molecule has 0 aliphatic rings. The first-order valence-electron chi connectivity index (χ1n) is 5.77. The third kappa shape index (κ3) is 3.43. The minimum absolute atomic E-state index is 0.108. The van der Waals surface area contributed by atoms with Crippen LogP contribution < -0.4 is 16.4 Å². The zero-order valence-electron chi connectivity index (χ0n) is 11.0. The molecule has 0 bridgehead atoms. The fraction of sp³-hybridized carbons (Fsp3) is 0.462. The van der Waals surface area contributed by atoms with Crippen molar-refractivity contribution < 1.29 is 9.18 Å². The number of carbonyl (C=O) groups is 1. The van der Waals surface area contributed by atoms with Crippen LogP contribution in [0.5, 0.6) is 0 Å². The second-order valence-corrected chi connectivity index (χ2v) is 5.25. The van der Waals surface area contributed by atoms with E-state index in [1.54, 1.807) is 18.0 Å². The Morgan fingerprint density at radius 2 is 2.06 bits per heavy atom. The number of primary amides is 1. The summed E-state index contributed by atoms with van der Waals surface area (Å²) in [6.45, 7) is 5.16. The molecule has 1 rings (SSSR count). The molecule has 0 unspecified atom stereocenters. The lowest BCUT2D eigenvalue weighted by Gasteiger charge is -2.30. The van der Waals surface area contributed by atoms with Crippen molar-refractivity contribution in [3.8, 4) is 0 Å². The maximum Gasteiger partial charge on any atom is 0.248 e. The van der Waals surface area contributed by atoms with Gasteiger partial charge in [0.2, 0.25) is 5.91 Å². The van der Waals surface area contributed by atoms with E-state index in [9.17, 15) is 9.18 Å². The van der Waals surface area contributed by atoms with Crippen molar-refractivity contribution in [1.29, 1.82) is 0 Å². The number of amides is 1. The molecule has 0 saturated heterocycles. The lowest BCUT2D eigenvalue weighted by atomic mass is 9.93. The van der Waals surface area contributed by atoms with E-state index in [2.05, 4.69) is 0 Å². The second kappa shape index (κ2) is 5.35. The van der Waals surface area contributed by atoms with E-state index >= 15 is 0 Å². The summed E-state index contributed by atoms with van der Waals surface area (Å²) in [5, 5.41) is 0. The zero-order chi connectivity index (χ0) is 13.9. The van der Waals surface area contributed by atoms with Gasteiger partial charge in [0, 0.05) is 19.2 Å². The fourth-order valence-electron chi connectivity index (χ4n) is 1.76. The molecule has 0 heterocycles. The SMILES string of the molecule is CN(CC(C)(C)CN)c1ccc(C(N)=O)cc1F. The number of rotatable bonds is 5. The molecule has 0 saturated carbocycles. The minimum Gasteiger partial charge on any atom is -0.372 e. The van der Waals surface area contributed by atoms with Gasteiger partial charge in [-0.25, -0.2) is 4.39 Å². The average Bonchev–Trinajstić information content (AvgIpc) is 2.28. The molecule has 0 atom stereocenters. The number of halogens is 1. The first-order chi connectivity index (χ1) is 8.26. The van der Waals surface area contributed by atoms with Crippen molar-refractivity contribution in [2.24, 2.45) is 16.9 Å². The molecule has 0 radical (unpaired) electrons. The predicted molar refractivity (Wildman–Crippen MR) is 71.0 cm³/mol. The van der Waals surface area contributed by atoms with Crippen molar-refractivity contribution in [3.05, 3.63) is 29.6 Å². The fourth-order valence-corrected chi connectivity index (χ4v) is 1.76. The standard InChI is InChI=1S/C13H20FN3O/c1-13(2,7-15)8-17(3)11-5-4-9(12(16)18)6-10(11)14/h4-6H,7-8,15H2,1-3H3,(H2,16,18). The molecule has 5 heteroatoms. The van der Waals surface area contributed by atoms with Gasteiger partial charge in [-0.05, 0) is 30.2 Å². The molecule has 0 aliphatic carbocycles. The molecule has 4 N–H and O–H groups in total. The summed E-state index contributed by atoms with van der Waals surface area (Å²) >= 11 is 0. The van der Waals surface area contributed by atoms with Crippen molar-refractivity contribution in [2.45, 2.75) is 13.8 Å². The highest BCUT2D eigenvalue weighted by atomic mass is 19.1. The molecule has 4 nitrogen and oxygen atoms in total. The van der Waals surface area contributed by atoms with E-state index in [0.29, 0.717) is 18.8 Å². The van der Waals surface area contributed by atoms with Gasteiger partial charge in [-0.3, -0.25) is 4.79 Å². The quantitative estimate of drug-likeness (QED) is 0.832. The van der Waals surface area contributed by atoms with E-state index in [-0.39, 0.29) is 11.0 Å². The molecule has 0 spiro atoms. The number of nitrogens with zero attached hydrogens (tertiary/aromatic N) is 1. The lowest BCUT2D eigenvalue weighted by molar-refractivity contribution is 0.1000. The monoisotopic (exact) mass is 253 g/mol. The van der Waals surface area contributed by atoms with E-state index < -0.39 is 11.7 Å². The summed E-state index contributed by atoms with van der Waals surface area (Å²) in [5.41, 5.74) is 11.2. The number of benzene rings is 1. The lowest BCUT2D eigenvalue weighted by Crippen LogP contribution is -2.37. The third-order valence-corrected chi connectivity index (χ3v) is 2.86. The van der Waals surface area contributed by atoms with Crippen LogP contribution in [0.2, 0.25) is 0 Å². The number of hydrogen-bond acceptors (Lipinski definition) is 3. The van der Waals surface area contributed by atoms with Crippen LogP contribution in [0.4, 0.5) is 10.1 Å². The van der Waals surface area contributed by atoms with Crippen molar-refractivity contribution in [3.63, 3.8) is 0 Å². The first-order valence-corrected chi connectivity index (χ1v) is 5.77. The van der Waals surface area contributed by atoms with Gasteiger partial charge in [0.25, 0.3) is 0 Å². The molecule has 1 amide bonds. The normalized spacial score (nSPS) is 11.4. The number of hydrogen-bond donors (Lipinski definition) is 2. The average molecular weight is 253 g/mol. The number of anilines is 1. The first kappa shape index (κ1) is 14.4. The van der Waals surface area contributed by atoms with Crippen LogP contribution in [0.3, 0.4) is 0 Å². The molecule has 100 valence electrons. The molecule has 1 aromatic rings. The van der Waals surface area contributed by atoms with Gasteiger partial charge in [-0.2, -0.15) is 0 Å². The van der Waals surface area contributed by atoms with Crippen LogP contribution in [0.15, 0.2) is 18.2 Å². The van der Waals surface area contributed by atoms with Gasteiger partial charge in [0.1, 0.15) is 5.82 Å². The highest BCUT2D eigenvalue weighted by Gasteiger charge is 2.20. The maximum atomic E-state index is 13.9. The van der Waals surface area contributed by atoms with Gasteiger partial charge in [0.15, 0.2) is 0 Å². The van der Waals surface area contributed by atoms with Gasteiger partial charge >= 0.3 is 0 Å². The number of nitrogens with two attached hydrogens (primary N) is 2. The summed E-state index contributed by atoms with van der Waals surface area (Å²) in [6.07, 6.45) is 0. The molecular formula is C13H20FN3O. The Kier molecular flexibility index (Phi) is 4.29. The molecule has 18 heavy (non-hydrogen) atoms. The van der Waals surface area contributed by atoms with Crippen LogP contribution in [0.1, 0.15) is 24.2 Å². The minimum atomic E-state index is -0.634. The van der Waals surface area contributed by atoms with E-state index in [1.165, 1.54) is 6.07 Å². The molecular weight excluding hydrogens is 233 g/mol. The summed E-state index contributed by atoms with van der Waals surface area (Å²) in [7, 11) is 1.79. The summed E-state index contributed by atoms with van der Waals surface area (Å²) in [4.78, 5) is 12.7. The molecule has 1 aromatic carbocycles. The third-order valence-electron chi connectivity index (χ3n) is 2.86. The van der Waals surface area contributed by atoms with Crippen LogP contribution in [0.25, 0.3) is 0 Å².